The lowest BCUT2D eigenvalue weighted by Gasteiger charge is -2.32. The van der Waals surface area contributed by atoms with Gasteiger partial charge in [-0.3, -0.25) is 9.69 Å². The number of hydroxylamine groups is 1. The Labute approximate surface area is 235 Å². The van der Waals surface area contributed by atoms with Gasteiger partial charge in [0.2, 0.25) is 0 Å². The van der Waals surface area contributed by atoms with E-state index >= 15 is 0 Å². The maximum Gasteiger partial charge on any atom is 0.253 e. The van der Waals surface area contributed by atoms with E-state index in [1.807, 2.05) is 35.4 Å². The van der Waals surface area contributed by atoms with Crippen LogP contribution in [0.5, 0.6) is 0 Å². The molecule has 0 aliphatic carbocycles. The quantitative estimate of drug-likeness (QED) is 0.323. The SMILES string of the molecule is O=C(c1ccc(CN2CCOCC2)cc1)N1CCC(c2cnc3c(ccn3Cc3ccc(CNO)cc3)c2)CC1. The van der Waals surface area contributed by atoms with Crippen molar-refractivity contribution in [2.24, 2.45) is 0 Å². The number of nitrogens with one attached hydrogen (secondary N) is 1. The first-order valence-electron chi connectivity index (χ1n) is 14.2. The van der Waals surface area contributed by atoms with Crippen LogP contribution in [-0.2, 0) is 24.4 Å². The standard InChI is InChI=1S/C32H37N5O3/c38-32(28-7-5-25(6-8-28)22-35-15-17-40-18-16-35)36-12-9-27(10-13-36)30-19-29-11-14-37(31(29)33-21-30)23-26-3-1-24(2-4-26)20-34-39/h1-8,11,14,19,21,27,34,39H,9-10,12-13,15-18,20,22-23H2. The molecular weight excluding hydrogens is 502 g/mol. The topological polar surface area (TPSA) is 82.9 Å². The number of hydrogen-bond donors (Lipinski definition) is 2. The molecule has 2 N–H and O–H groups in total. The van der Waals surface area contributed by atoms with Crippen molar-refractivity contribution in [1.29, 1.82) is 0 Å². The van der Waals surface area contributed by atoms with Crippen LogP contribution in [0.4, 0.5) is 0 Å². The Morgan fingerprint density at radius 2 is 1.57 bits per heavy atom. The molecule has 2 aromatic carbocycles. The first-order chi connectivity index (χ1) is 19.7. The summed E-state index contributed by atoms with van der Waals surface area (Å²) in [5, 5.41) is 10.0. The molecule has 8 nitrogen and oxygen atoms in total. The third-order valence-electron chi connectivity index (χ3n) is 8.25. The molecule has 2 aliphatic heterocycles. The molecule has 2 saturated heterocycles. The maximum absolute atomic E-state index is 13.2. The van der Waals surface area contributed by atoms with Gasteiger partial charge in [-0.15, -0.1) is 0 Å². The molecule has 2 aliphatic rings. The molecule has 2 fully saturated rings. The normalized spacial score (nSPS) is 17.0. The molecule has 0 bridgehead atoms. The summed E-state index contributed by atoms with van der Waals surface area (Å²) < 4.78 is 7.61. The van der Waals surface area contributed by atoms with Crippen molar-refractivity contribution in [3.05, 3.63) is 101 Å². The Bertz CT molecular complexity index is 1420. The van der Waals surface area contributed by atoms with Crippen LogP contribution in [0.2, 0.25) is 0 Å². The van der Waals surface area contributed by atoms with Crippen LogP contribution in [0.1, 0.15) is 51.4 Å². The van der Waals surface area contributed by atoms with Crippen molar-refractivity contribution in [3.63, 3.8) is 0 Å². The van der Waals surface area contributed by atoms with Gasteiger partial charge in [0, 0.05) is 69.2 Å². The van der Waals surface area contributed by atoms with Crippen LogP contribution < -0.4 is 5.48 Å². The smallest absolute Gasteiger partial charge is 0.253 e. The molecule has 8 heteroatoms. The molecule has 0 atom stereocenters. The molecule has 4 heterocycles. The van der Waals surface area contributed by atoms with Gasteiger partial charge in [-0.1, -0.05) is 36.4 Å². The number of carbonyl (C=O) groups is 1. The predicted molar refractivity (Wildman–Crippen MR) is 154 cm³/mol. The molecule has 40 heavy (non-hydrogen) atoms. The number of rotatable bonds is 8. The maximum atomic E-state index is 13.2. The van der Waals surface area contributed by atoms with Gasteiger partial charge in [0.15, 0.2) is 0 Å². The number of pyridine rings is 1. The van der Waals surface area contributed by atoms with Crippen LogP contribution >= 0.6 is 0 Å². The van der Waals surface area contributed by atoms with Crippen molar-refractivity contribution < 1.29 is 14.7 Å². The summed E-state index contributed by atoms with van der Waals surface area (Å²) in [5.74, 6) is 0.538. The van der Waals surface area contributed by atoms with Crippen molar-refractivity contribution in [2.75, 3.05) is 39.4 Å². The van der Waals surface area contributed by atoms with E-state index < -0.39 is 0 Å². The summed E-state index contributed by atoms with van der Waals surface area (Å²) in [6.45, 7) is 7.13. The summed E-state index contributed by atoms with van der Waals surface area (Å²) in [7, 11) is 0. The van der Waals surface area contributed by atoms with E-state index in [2.05, 4.69) is 57.5 Å². The fraction of sp³-hybridized carbons (Fsp3) is 0.375. The van der Waals surface area contributed by atoms with Crippen molar-refractivity contribution >= 4 is 16.9 Å². The Morgan fingerprint density at radius 1 is 0.900 bits per heavy atom. The number of likely N-dealkylation sites (tertiary alicyclic amines) is 1. The lowest BCUT2D eigenvalue weighted by molar-refractivity contribution is 0.0342. The molecule has 0 spiro atoms. The van der Waals surface area contributed by atoms with Gasteiger partial charge in [0.25, 0.3) is 5.91 Å². The highest BCUT2D eigenvalue weighted by Gasteiger charge is 2.25. The largest absolute Gasteiger partial charge is 0.379 e. The molecule has 2 aromatic heterocycles. The van der Waals surface area contributed by atoms with Crippen molar-refractivity contribution in [2.45, 2.75) is 38.4 Å². The lowest BCUT2D eigenvalue weighted by Crippen LogP contribution is -2.38. The Balaban J connectivity index is 1.04. The molecular formula is C32H37N5O3. The Kier molecular flexibility index (Phi) is 8.20. The molecule has 208 valence electrons. The number of piperidine rings is 1. The molecule has 0 saturated carbocycles. The van der Waals surface area contributed by atoms with Crippen LogP contribution in [0, 0.1) is 0 Å². The monoisotopic (exact) mass is 539 g/mol. The minimum absolute atomic E-state index is 0.127. The molecule has 0 radical (unpaired) electrons. The number of ether oxygens (including phenoxy) is 1. The van der Waals surface area contributed by atoms with E-state index in [-0.39, 0.29) is 5.91 Å². The first kappa shape index (κ1) is 26.7. The average Bonchev–Trinajstić information content (AvgIpc) is 3.41. The summed E-state index contributed by atoms with van der Waals surface area (Å²) in [5.41, 5.74) is 8.67. The minimum Gasteiger partial charge on any atom is -0.379 e. The lowest BCUT2D eigenvalue weighted by atomic mass is 9.90. The number of hydrogen-bond acceptors (Lipinski definition) is 6. The fourth-order valence-electron chi connectivity index (χ4n) is 5.87. The minimum atomic E-state index is 0.127. The van der Waals surface area contributed by atoms with Gasteiger partial charge < -0.3 is 19.4 Å². The highest BCUT2D eigenvalue weighted by molar-refractivity contribution is 5.94. The highest BCUT2D eigenvalue weighted by Crippen LogP contribution is 2.30. The zero-order valence-corrected chi connectivity index (χ0v) is 22.8. The van der Waals surface area contributed by atoms with Gasteiger partial charge in [0.05, 0.1) is 13.2 Å². The zero-order valence-electron chi connectivity index (χ0n) is 22.8. The number of benzene rings is 2. The summed E-state index contributed by atoms with van der Waals surface area (Å²) in [6, 6.07) is 20.8. The van der Waals surface area contributed by atoms with Gasteiger partial charge >= 0.3 is 0 Å². The van der Waals surface area contributed by atoms with Crippen molar-refractivity contribution in [3.8, 4) is 0 Å². The number of aromatic nitrogens is 2. The molecule has 1 amide bonds. The molecule has 4 aromatic rings. The predicted octanol–water partition coefficient (Wildman–Crippen LogP) is 4.42. The van der Waals surface area contributed by atoms with E-state index in [4.69, 9.17) is 14.9 Å². The van der Waals surface area contributed by atoms with E-state index in [0.29, 0.717) is 12.5 Å². The second-order valence-corrected chi connectivity index (χ2v) is 10.9. The van der Waals surface area contributed by atoms with Crippen LogP contribution in [0.25, 0.3) is 11.0 Å². The summed E-state index contributed by atoms with van der Waals surface area (Å²) in [6.07, 6.45) is 6.01. The second kappa shape index (κ2) is 12.3. The number of fused-ring (bicyclic) bond motifs is 1. The highest BCUT2D eigenvalue weighted by atomic mass is 16.5. The number of nitrogens with zero attached hydrogens (tertiary/aromatic N) is 4. The van der Waals surface area contributed by atoms with Gasteiger partial charge in [-0.25, -0.2) is 10.5 Å². The number of morpholine rings is 1. The van der Waals surface area contributed by atoms with Gasteiger partial charge in [-0.2, -0.15) is 0 Å². The third kappa shape index (κ3) is 6.10. The van der Waals surface area contributed by atoms with Crippen LogP contribution in [0.3, 0.4) is 0 Å². The number of carbonyl (C=O) groups excluding carboxylic acids is 1. The van der Waals surface area contributed by atoms with E-state index in [9.17, 15) is 4.79 Å². The van der Waals surface area contributed by atoms with E-state index in [0.717, 1.165) is 87.5 Å². The first-order valence-corrected chi connectivity index (χ1v) is 14.2. The summed E-state index contributed by atoms with van der Waals surface area (Å²) >= 11 is 0. The van der Waals surface area contributed by atoms with Crippen LogP contribution in [-0.4, -0.2) is 69.9 Å². The zero-order chi connectivity index (χ0) is 27.3. The van der Waals surface area contributed by atoms with E-state index in [1.165, 1.54) is 16.7 Å². The Hall–Kier alpha value is -3.56. The Morgan fingerprint density at radius 3 is 2.30 bits per heavy atom. The number of amides is 1. The average molecular weight is 540 g/mol. The van der Waals surface area contributed by atoms with Gasteiger partial charge in [-0.05, 0) is 65.3 Å². The second-order valence-electron chi connectivity index (χ2n) is 10.9. The fourth-order valence-corrected chi connectivity index (χ4v) is 5.87. The van der Waals surface area contributed by atoms with E-state index in [1.54, 1.807) is 0 Å². The van der Waals surface area contributed by atoms with Crippen LogP contribution in [0.15, 0.2) is 73.1 Å². The third-order valence-corrected chi connectivity index (χ3v) is 8.25. The molecule has 6 rings (SSSR count). The van der Waals surface area contributed by atoms with Gasteiger partial charge in [0.1, 0.15) is 5.65 Å². The van der Waals surface area contributed by atoms with Crippen molar-refractivity contribution in [1.82, 2.24) is 24.8 Å². The summed E-state index contributed by atoms with van der Waals surface area (Å²) in [4.78, 5) is 22.4. The molecule has 0 unspecified atom stereocenters.